The maximum absolute atomic E-state index is 14.8. The average Bonchev–Trinajstić information content (AvgIpc) is 3.88. The lowest BCUT2D eigenvalue weighted by Gasteiger charge is -2.20. The number of imidazole rings is 1. The minimum atomic E-state index is -0.529. The van der Waals surface area contributed by atoms with E-state index in [9.17, 15) is 18.4 Å². The summed E-state index contributed by atoms with van der Waals surface area (Å²) in [5.74, 6) is 2.20. The summed E-state index contributed by atoms with van der Waals surface area (Å²) in [6.45, 7) is 3.37. The van der Waals surface area contributed by atoms with Crippen LogP contribution in [0.2, 0.25) is 0 Å². The molecule has 0 unspecified atom stereocenters. The predicted octanol–water partition coefficient (Wildman–Crippen LogP) is 6.86. The summed E-state index contributed by atoms with van der Waals surface area (Å²) in [6, 6.07) is 17.3. The third kappa shape index (κ3) is 9.47. The number of anilines is 2. The summed E-state index contributed by atoms with van der Waals surface area (Å²) in [6.07, 6.45) is 10.7. The number of hydrogen-bond acceptors (Lipinski definition) is 13. The highest BCUT2D eigenvalue weighted by Gasteiger charge is 2.36. The third-order valence-corrected chi connectivity index (χ3v) is 12.5. The monoisotopic (exact) mass is 946 g/mol. The number of carbonyl (C=O) groups excluding carboxylic acids is 2. The lowest BCUT2D eigenvalue weighted by molar-refractivity contribution is 0.0926. The standard InChI is InChI=1S/C50H48F2N14O4/c1-28-15-41-42(70-14-13-69-41)22-34(28)23-58-49(67)32-16-30(18-35(20-32)56-26-43-60-62-46(65(43)3)37-7-9-53-24-39(37)51)31-17-33(50(68)59-45(29-5-6-29)48-55-11-12-64(48)2)21-36(19-31)57-27-44-61-63-47(66(44)4)38-8-10-54-25-40(38)52/h7-12,15-22,24-25,29,45,56-57H,5-6,13-14,23,26-27H2,1-4H3,(H,58,67)(H,59,68)/t45-/m1/s1. The van der Waals surface area contributed by atoms with Crippen LogP contribution in [0.3, 0.4) is 0 Å². The number of halogens is 2. The molecule has 1 aliphatic carbocycles. The molecule has 0 bridgehead atoms. The molecule has 2 aliphatic rings. The zero-order chi connectivity index (χ0) is 48.5. The van der Waals surface area contributed by atoms with Crippen molar-refractivity contribution >= 4 is 23.2 Å². The zero-order valence-electron chi connectivity index (χ0n) is 38.7. The molecule has 3 aromatic carbocycles. The van der Waals surface area contributed by atoms with Crippen molar-refractivity contribution in [1.82, 2.24) is 59.7 Å². The van der Waals surface area contributed by atoms with E-state index in [4.69, 9.17) is 9.47 Å². The number of aromatic nitrogens is 10. The lowest BCUT2D eigenvalue weighted by atomic mass is 9.98. The van der Waals surface area contributed by atoms with Crippen LogP contribution in [0.1, 0.15) is 68.2 Å². The topological polar surface area (TPSA) is 206 Å². The minimum absolute atomic E-state index is 0.158. The number of nitrogens with one attached hydrogen (secondary N) is 4. The van der Waals surface area contributed by atoms with Gasteiger partial charge in [0.05, 0.1) is 42.7 Å². The van der Waals surface area contributed by atoms with Crippen LogP contribution >= 0.6 is 0 Å². The first kappa shape index (κ1) is 45.2. The lowest BCUT2D eigenvalue weighted by Crippen LogP contribution is -2.31. The molecule has 6 heterocycles. The fourth-order valence-electron chi connectivity index (χ4n) is 8.45. The fraction of sp³-hybridized carbons (Fsp3) is 0.260. The molecule has 2 amide bonds. The number of fused-ring (bicyclic) bond motifs is 1. The molecular formula is C50H48F2N14O4. The second kappa shape index (κ2) is 19.2. The molecular weight excluding hydrogens is 899 g/mol. The Balaban J connectivity index is 1.000. The van der Waals surface area contributed by atoms with Crippen LogP contribution < -0.4 is 30.7 Å². The first-order valence-corrected chi connectivity index (χ1v) is 22.7. The molecule has 1 aliphatic heterocycles. The molecule has 70 heavy (non-hydrogen) atoms. The van der Waals surface area contributed by atoms with E-state index in [1.54, 1.807) is 53.7 Å². The van der Waals surface area contributed by atoms with Gasteiger partial charge in [0.1, 0.15) is 19.0 Å². The fourth-order valence-corrected chi connectivity index (χ4v) is 8.45. The van der Waals surface area contributed by atoms with Crippen LogP contribution in [-0.4, -0.2) is 74.1 Å². The van der Waals surface area contributed by atoms with Crippen LogP contribution in [0.25, 0.3) is 33.9 Å². The Morgan fingerprint density at radius 3 is 1.79 bits per heavy atom. The van der Waals surface area contributed by atoms with Crippen LogP contribution in [0.5, 0.6) is 11.5 Å². The molecule has 356 valence electrons. The highest BCUT2D eigenvalue weighted by Crippen LogP contribution is 2.41. The van der Waals surface area contributed by atoms with E-state index in [1.807, 2.05) is 49.0 Å². The number of carbonyl (C=O) groups is 2. The summed E-state index contributed by atoms with van der Waals surface area (Å²) in [7, 11) is 5.40. The first-order valence-electron chi connectivity index (χ1n) is 22.7. The molecule has 8 aromatic rings. The van der Waals surface area contributed by atoms with Gasteiger partial charge in [-0.3, -0.25) is 19.6 Å². The highest BCUT2D eigenvalue weighted by atomic mass is 19.1. The number of hydrogen-bond donors (Lipinski definition) is 4. The second-order valence-corrected chi connectivity index (χ2v) is 17.3. The number of benzene rings is 3. The van der Waals surface area contributed by atoms with Crippen molar-refractivity contribution < 1.29 is 27.8 Å². The molecule has 1 fully saturated rings. The van der Waals surface area contributed by atoms with E-state index in [1.165, 1.54) is 24.5 Å². The maximum atomic E-state index is 14.8. The van der Waals surface area contributed by atoms with Gasteiger partial charge < -0.3 is 44.4 Å². The number of amides is 2. The zero-order valence-corrected chi connectivity index (χ0v) is 38.7. The van der Waals surface area contributed by atoms with Crippen molar-refractivity contribution in [2.75, 3.05) is 23.8 Å². The van der Waals surface area contributed by atoms with Gasteiger partial charge in [-0.05, 0) is 109 Å². The van der Waals surface area contributed by atoms with Crippen LogP contribution in [0.4, 0.5) is 20.2 Å². The van der Waals surface area contributed by atoms with Crippen molar-refractivity contribution in [2.24, 2.45) is 27.1 Å². The summed E-state index contributed by atoms with van der Waals surface area (Å²) in [5.41, 5.74) is 5.33. The molecule has 4 N–H and O–H groups in total. The van der Waals surface area contributed by atoms with Gasteiger partial charge >= 0.3 is 0 Å². The summed E-state index contributed by atoms with van der Waals surface area (Å²) >= 11 is 0. The summed E-state index contributed by atoms with van der Waals surface area (Å²) in [4.78, 5) is 41.0. The number of nitrogens with zero attached hydrogens (tertiary/aromatic N) is 10. The van der Waals surface area contributed by atoms with Crippen molar-refractivity contribution in [3.05, 3.63) is 149 Å². The predicted molar refractivity (Wildman–Crippen MR) is 254 cm³/mol. The quantitative estimate of drug-likeness (QED) is 0.0783. The third-order valence-electron chi connectivity index (χ3n) is 12.5. The average molecular weight is 947 g/mol. The summed E-state index contributed by atoms with van der Waals surface area (Å²) in [5, 5.41) is 30.4. The van der Waals surface area contributed by atoms with Gasteiger partial charge in [-0.15, -0.1) is 20.4 Å². The van der Waals surface area contributed by atoms with Gasteiger partial charge in [0.15, 0.2) is 46.4 Å². The number of rotatable bonds is 16. The maximum Gasteiger partial charge on any atom is 0.251 e. The Morgan fingerprint density at radius 1 is 0.700 bits per heavy atom. The van der Waals surface area contributed by atoms with Crippen molar-refractivity contribution in [1.29, 1.82) is 0 Å². The van der Waals surface area contributed by atoms with Gasteiger partial charge in [0.2, 0.25) is 0 Å². The molecule has 1 atom stereocenters. The normalized spacial score (nSPS) is 13.5. The van der Waals surface area contributed by atoms with E-state index in [0.717, 1.165) is 42.2 Å². The Hall–Kier alpha value is -8.55. The molecule has 10 rings (SSSR count). The first-order chi connectivity index (χ1) is 34.0. The van der Waals surface area contributed by atoms with Gasteiger partial charge in [-0.25, -0.2) is 13.8 Å². The Labute approximate surface area is 400 Å². The molecule has 0 saturated heterocycles. The Bertz CT molecular complexity index is 3270. The van der Waals surface area contributed by atoms with E-state index >= 15 is 0 Å². The van der Waals surface area contributed by atoms with E-state index in [-0.39, 0.29) is 54.5 Å². The molecule has 5 aromatic heterocycles. The largest absolute Gasteiger partial charge is 0.486 e. The Morgan fingerprint density at radius 2 is 1.26 bits per heavy atom. The van der Waals surface area contributed by atoms with Crippen LogP contribution in [0.15, 0.2) is 97.8 Å². The van der Waals surface area contributed by atoms with Crippen LogP contribution in [0, 0.1) is 24.5 Å². The van der Waals surface area contributed by atoms with E-state index in [2.05, 4.69) is 56.6 Å². The Kier molecular flexibility index (Phi) is 12.4. The number of aryl methyl sites for hydroxylation is 2. The summed E-state index contributed by atoms with van der Waals surface area (Å²) < 4.78 is 46.4. The van der Waals surface area contributed by atoms with Crippen molar-refractivity contribution in [3.63, 3.8) is 0 Å². The molecule has 20 heteroatoms. The molecule has 0 spiro atoms. The number of ether oxygens (including phenoxy) is 2. The smallest absolute Gasteiger partial charge is 0.251 e. The number of pyridine rings is 2. The van der Waals surface area contributed by atoms with Crippen LogP contribution in [-0.2, 0) is 40.8 Å². The molecule has 0 radical (unpaired) electrons. The van der Waals surface area contributed by atoms with Gasteiger partial charge in [0.25, 0.3) is 11.8 Å². The SMILES string of the molecule is Cc1cc2c(cc1CNC(=O)c1cc(NCc3nnc(-c4ccncc4F)n3C)cc(-c3cc(NCc4nnc(-c5ccncc5F)n4C)cc(C(=O)N[C@@H](c4nccn4C)C4CC4)c3)c1)OCCO2. The van der Waals surface area contributed by atoms with Gasteiger partial charge in [-0.2, -0.15) is 0 Å². The van der Waals surface area contributed by atoms with Gasteiger partial charge in [0, 0.05) is 75.0 Å². The van der Waals surface area contributed by atoms with E-state index in [0.29, 0.717) is 81.6 Å². The second-order valence-electron chi connectivity index (χ2n) is 17.3. The highest BCUT2D eigenvalue weighted by molar-refractivity contribution is 5.99. The van der Waals surface area contributed by atoms with E-state index < -0.39 is 11.6 Å². The van der Waals surface area contributed by atoms with Gasteiger partial charge in [-0.1, -0.05) is 0 Å². The van der Waals surface area contributed by atoms with Crippen molar-refractivity contribution in [2.45, 2.75) is 45.4 Å². The van der Waals surface area contributed by atoms with Crippen molar-refractivity contribution in [3.8, 4) is 45.4 Å². The molecule has 1 saturated carbocycles. The minimum Gasteiger partial charge on any atom is -0.486 e. The molecule has 18 nitrogen and oxygen atoms in total.